The van der Waals surface area contributed by atoms with E-state index < -0.39 is 11.4 Å². The Bertz CT molecular complexity index is 629. The summed E-state index contributed by atoms with van der Waals surface area (Å²) < 4.78 is 15.4. The summed E-state index contributed by atoms with van der Waals surface area (Å²) in [6.07, 6.45) is 0. The maximum atomic E-state index is 13.9. The highest BCUT2D eigenvalue weighted by Gasteiger charge is 2.31. The fourth-order valence-corrected chi connectivity index (χ4v) is 3.12. The van der Waals surface area contributed by atoms with E-state index in [1.165, 1.54) is 13.0 Å². The van der Waals surface area contributed by atoms with E-state index in [0.717, 1.165) is 4.47 Å². The van der Waals surface area contributed by atoms with Crippen molar-refractivity contribution in [3.05, 3.63) is 67.3 Å². The van der Waals surface area contributed by atoms with Gasteiger partial charge in [-0.3, -0.25) is 0 Å². The topological polar surface area (TPSA) is 20.2 Å². The lowest BCUT2D eigenvalue weighted by Crippen LogP contribution is -2.24. The summed E-state index contributed by atoms with van der Waals surface area (Å²) in [5.41, 5.74) is -0.883. The molecule has 0 saturated carbocycles. The standard InChI is InChI=1S/C14H10Br2ClFO/c1-14(19,10-4-2-9(16)7-12(10)17)11-6-8(15)3-5-13(11)18/h2-7,19H,1H3. The molecule has 0 radical (unpaired) electrons. The van der Waals surface area contributed by atoms with E-state index in [1.54, 1.807) is 30.3 Å². The Morgan fingerprint density at radius 3 is 2.26 bits per heavy atom. The predicted molar refractivity (Wildman–Crippen MR) is 81.9 cm³/mol. The summed E-state index contributed by atoms with van der Waals surface area (Å²) in [5, 5.41) is 11.0. The molecule has 1 unspecified atom stereocenters. The molecular formula is C14H10Br2ClFO. The predicted octanol–water partition coefficient (Wildman–Crippen LogP) is 5.26. The number of hydrogen-bond donors (Lipinski definition) is 1. The molecule has 0 spiro atoms. The summed E-state index contributed by atoms with van der Waals surface area (Å²) in [4.78, 5) is 0. The largest absolute Gasteiger partial charge is 0.381 e. The second-order valence-electron chi connectivity index (χ2n) is 4.32. The molecule has 2 aromatic carbocycles. The highest BCUT2D eigenvalue weighted by Crippen LogP contribution is 2.37. The fourth-order valence-electron chi connectivity index (χ4n) is 1.90. The minimum atomic E-state index is -1.51. The first-order valence-corrected chi connectivity index (χ1v) is 7.42. The molecule has 0 aliphatic carbocycles. The van der Waals surface area contributed by atoms with E-state index in [0.29, 0.717) is 15.1 Å². The second-order valence-corrected chi connectivity index (χ2v) is 6.56. The lowest BCUT2D eigenvalue weighted by Gasteiger charge is -2.26. The van der Waals surface area contributed by atoms with Gasteiger partial charge in [0.1, 0.15) is 11.4 Å². The third kappa shape index (κ3) is 3.02. The SMILES string of the molecule is CC(O)(c1cc(Br)ccc1F)c1ccc(Br)cc1Cl. The molecule has 1 N–H and O–H groups in total. The lowest BCUT2D eigenvalue weighted by atomic mass is 9.88. The average molecular weight is 408 g/mol. The van der Waals surface area contributed by atoms with Gasteiger partial charge in [-0.25, -0.2) is 4.39 Å². The van der Waals surface area contributed by atoms with Crippen molar-refractivity contribution in [1.29, 1.82) is 0 Å². The first kappa shape index (κ1) is 15.0. The third-order valence-corrected chi connectivity index (χ3v) is 4.21. The van der Waals surface area contributed by atoms with Crippen molar-refractivity contribution in [2.45, 2.75) is 12.5 Å². The van der Waals surface area contributed by atoms with Crippen LogP contribution in [-0.2, 0) is 5.60 Å². The van der Waals surface area contributed by atoms with Crippen molar-refractivity contribution in [3.8, 4) is 0 Å². The van der Waals surface area contributed by atoms with E-state index in [4.69, 9.17) is 11.6 Å². The number of halogens is 4. The van der Waals surface area contributed by atoms with Gasteiger partial charge in [0.2, 0.25) is 0 Å². The van der Waals surface area contributed by atoms with Crippen LogP contribution in [-0.4, -0.2) is 5.11 Å². The van der Waals surface area contributed by atoms with E-state index in [-0.39, 0.29) is 5.56 Å². The van der Waals surface area contributed by atoms with Gasteiger partial charge in [0.15, 0.2) is 0 Å². The smallest absolute Gasteiger partial charge is 0.129 e. The van der Waals surface area contributed by atoms with Crippen LogP contribution in [0.25, 0.3) is 0 Å². The maximum Gasteiger partial charge on any atom is 0.129 e. The Morgan fingerprint density at radius 1 is 1.05 bits per heavy atom. The molecule has 5 heteroatoms. The first-order chi connectivity index (χ1) is 8.82. The van der Waals surface area contributed by atoms with Gasteiger partial charge in [-0.1, -0.05) is 49.5 Å². The first-order valence-electron chi connectivity index (χ1n) is 5.46. The minimum Gasteiger partial charge on any atom is -0.381 e. The molecule has 0 amide bonds. The van der Waals surface area contributed by atoms with Crippen molar-refractivity contribution in [1.82, 2.24) is 0 Å². The zero-order valence-corrected chi connectivity index (χ0v) is 13.9. The molecule has 0 aliphatic rings. The molecule has 2 rings (SSSR count). The summed E-state index contributed by atoms with van der Waals surface area (Å²) in [5.74, 6) is -0.479. The van der Waals surface area contributed by atoms with E-state index in [2.05, 4.69) is 31.9 Å². The van der Waals surface area contributed by atoms with Gasteiger partial charge in [-0.15, -0.1) is 0 Å². The summed E-state index contributed by atoms with van der Waals surface area (Å²) in [6, 6.07) is 9.53. The van der Waals surface area contributed by atoms with Crippen molar-refractivity contribution in [2.75, 3.05) is 0 Å². The Kier molecular flexibility index (Phi) is 4.35. The van der Waals surface area contributed by atoms with Gasteiger partial charge in [0.05, 0.1) is 0 Å². The van der Waals surface area contributed by atoms with Gasteiger partial charge in [0.25, 0.3) is 0 Å². The Balaban J connectivity index is 2.61. The molecule has 0 aromatic heterocycles. The van der Waals surface area contributed by atoms with Crippen LogP contribution < -0.4 is 0 Å². The van der Waals surface area contributed by atoms with Crippen molar-refractivity contribution in [2.24, 2.45) is 0 Å². The number of benzene rings is 2. The second kappa shape index (κ2) is 5.52. The van der Waals surface area contributed by atoms with Gasteiger partial charge in [0, 0.05) is 25.1 Å². The summed E-state index contributed by atoms with van der Waals surface area (Å²) in [7, 11) is 0. The zero-order valence-electron chi connectivity index (χ0n) is 9.92. The Hall–Kier alpha value is -0.420. The van der Waals surface area contributed by atoms with Gasteiger partial charge in [-0.2, -0.15) is 0 Å². The highest BCUT2D eigenvalue weighted by atomic mass is 79.9. The molecule has 0 aliphatic heterocycles. The van der Waals surface area contributed by atoms with Crippen molar-refractivity contribution in [3.63, 3.8) is 0 Å². The number of rotatable bonds is 2. The molecule has 0 fully saturated rings. The average Bonchev–Trinajstić information content (AvgIpc) is 2.31. The van der Waals surface area contributed by atoms with Crippen LogP contribution in [0, 0.1) is 5.82 Å². The quantitative estimate of drug-likeness (QED) is 0.719. The zero-order chi connectivity index (χ0) is 14.2. The van der Waals surface area contributed by atoms with Crippen LogP contribution in [0.5, 0.6) is 0 Å². The molecule has 19 heavy (non-hydrogen) atoms. The molecular weight excluding hydrogens is 398 g/mol. The summed E-state index contributed by atoms with van der Waals surface area (Å²) in [6.45, 7) is 1.52. The molecule has 100 valence electrons. The van der Waals surface area contributed by atoms with Crippen LogP contribution in [0.3, 0.4) is 0 Å². The van der Waals surface area contributed by atoms with Crippen molar-refractivity contribution < 1.29 is 9.50 Å². The molecule has 0 heterocycles. The normalized spacial score (nSPS) is 14.2. The molecule has 1 nitrogen and oxygen atoms in total. The van der Waals surface area contributed by atoms with E-state index >= 15 is 0 Å². The van der Waals surface area contributed by atoms with Gasteiger partial charge >= 0.3 is 0 Å². The maximum absolute atomic E-state index is 13.9. The van der Waals surface area contributed by atoms with Crippen molar-refractivity contribution >= 4 is 43.5 Å². The monoisotopic (exact) mass is 406 g/mol. The number of aliphatic hydroxyl groups is 1. The van der Waals surface area contributed by atoms with Crippen LogP contribution in [0.2, 0.25) is 5.02 Å². The fraction of sp³-hybridized carbons (Fsp3) is 0.143. The Morgan fingerprint density at radius 2 is 1.63 bits per heavy atom. The molecule has 0 saturated heterocycles. The lowest BCUT2D eigenvalue weighted by molar-refractivity contribution is 0.0980. The number of hydrogen-bond acceptors (Lipinski definition) is 1. The molecule has 0 bridgehead atoms. The van der Waals surface area contributed by atoms with Crippen LogP contribution in [0.4, 0.5) is 4.39 Å². The minimum absolute atomic E-state index is 0.172. The van der Waals surface area contributed by atoms with Crippen LogP contribution in [0.1, 0.15) is 18.1 Å². The van der Waals surface area contributed by atoms with Crippen LogP contribution in [0.15, 0.2) is 45.3 Å². The van der Waals surface area contributed by atoms with E-state index in [1.807, 2.05) is 0 Å². The highest BCUT2D eigenvalue weighted by molar-refractivity contribution is 9.10. The van der Waals surface area contributed by atoms with Gasteiger partial charge in [-0.05, 0) is 37.3 Å². The van der Waals surface area contributed by atoms with E-state index in [9.17, 15) is 9.50 Å². The summed E-state index contributed by atoms with van der Waals surface area (Å²) >= 11 is 12.7. The van der Waals surface area contributed by atoms with Gasteiger partial charge < -0.3 is 5.11 Å². The molecule has 1 atom stereocenters. The van der Waals surface area contributed by atoms with Crippen LogP contribution >= 0.6 is 43.5 Å². The third-order valence-electron chi connectivity index (χ3n) is 2.91. The molecule has 2 aromatic rings. The Labute approximate surface area is 132 Å².